The molecule has 0 spiro atoms. The van der Waals surface area contributed by atoms with E-state index in [1.54, 1.807) is 0 Å². The quantitative estimate of drug-likeness (QED) is 0.491. The molecular formula is C12H23N. The molecule has 76 valence electrons. The van der Waals surface area contributed by atoms with Crippen molar-refractivity contribution in [3.63, 3.8) is 0 Å². The first-order chi connectivity index (χ1) is 5.84. The van der Waals surface area contributed by atoms with Gasteiger partial charge in [-0.1, -0.05) is 40.7 Å². The number of allylic oxidation sites excluding steroid dienone is 1. The number of rotatable bonds is 5. The highest BCUT2D eigenvalue weighted by Crippen LogP contribution is 2.31. The Morgan fingerprint density at radius 2 is 1.85 bits per heavy atom. The van der Waals surface area contributed by atoms with E-state index in [-0.39, 0.29) is 5.41 Å². The molecule has 13 heavy (non-hydrogen) atoms. The van der Waals surface area contributed by atoms with Gasteiger partial charge in [0.25, 0.3) is 0 Å². The third-order valence-corrected chi connectivity index (χ3v) is 3.15. The standard InChI is InChI=1S/C12H23N/c1-7-8-10(4)11(13)12(5,6)9(2)3/h7,9-10,13H,1,8H2,2-6H3. The first-order valence-corrected chi connectivity index (χ1v) is 5.03. The van der Waals surface area contributed by atoms with Crippen LogP contribution in [0, 0.1) is 22.7 Å². The third-order valence-electron chi connectivity index (χ3n) is 3.15. The fourth-order valence-corrected chi connectivity index (χ4v) is 1.31. The van der Waals surface area contributed by atoms with Crippen LogP contribution in [-0.4, -0.2) is 5.71 Å². The highest BCUT2D eigenvalue weighted by Gasteiger charge is 2.30. The molecule has 0 heterocycles. The van der Waals surface area contributed by atoms with Gasteiger partial charge >= 0.3 is 0 Å². The molecule has 0 aliphatic carbocycles. The van der Waals surface area contributed by atoms with Crippen LogP contribution in [0.1, 0.15) is 41.0 Å². The SMILES string of the molecule is C=CCC(C)C(=N)C(C)(C)C(C)C. The van der Waals surface area contributed by atoms with Gasteiger partial charge in [0.2, 0.25) is 0 Å². The lowest BCUT2D eigenvalue weighted by atomic mass is 9.72. The Morgan fingerprint density at radius 3 is 2.15 bits per heavy atom. The molecule has 0 rings (SSSR count). The fraction of sp³-hybridized carbons (Fsp3) is 0.750. The summed E-state index contributed by atoms with van der Waals surface area (Å²) in [4.78, 5) is 0. The molecule has 0 saturated carbocycles. The van der Waals surface area contributed by atoms with E-state index in [1.165, 1.54) is 0 Å². The van der Waals surface area contributed by atoms with E-state index in [2.05, 4.69) is 41.2 Å². The van der Waals surface area contributed by atoms with Crippen molar-refractivity contribution in [2.75, 3.05) is 0 Å². The normalized spacial score (nSPS) is 14.3. The molecule has 0 aliphatic heterocycles. The minimum atomic E-state index is 0.0163. The van der Waals surface area contributed by atoms with Crippen molar-refractivity contribution in [3.8, 4) is 0 Å². The van der Waals surface area contributed by atoms with Crippen LogP contribution in [0.3, 0.4) is 0 Å². The van der Waals surface area contributed by atoms with Gasteiger partial charge in [0.15, 0.2) is 0 Å². The Kier molecular flexibility index (Phi) is 4.38. The summed E-state index contributed by atoms with van der Waals surface area (Å²) in [7, 11) is 0. The molecule has 0 radical (unpaired) electrons. The van der Waals surface area contributed by atoms with Gasteiger partial charge in [-0.3, -0.25) is 0 Å². The molecular weight excluding hydrogens is 158 g/mol. The van der Waals surface area contributed by atoms with E-state index in [1.807, 2.05) is 6.08 Å². The molecule has 0 aromatic rings. The highest BCUT2D eigenvalue weighted by atomic mass is 14.5. The van der Waals surface area contributed by atoms with Gasteiger partial charge in [-0.05, 0) is 18.3 Å². The first kappa shape index (κ1) is 12.4. The van der Waals surface area contributed by atoms with Crippen molar-refractivity contribution in [3.05, 3.63) is 12.7 Å². The molecule has 1 N–H and O–H groups in total. The summed E-state index contributed by atoms with van der Waals surface area (Å²) in [6.07, 6.45) is 2.81. The Morgan fingerprint density at radius 1 is 1.38 bits per heavy atom. The molecule has 0 saturated heterocycles. The van der Waals surface area contributed by atoms with Crippen LogP contribution in [0.5, 0.6) is 0 Å². The zero-order chi connectivity index (χ0) is 10.6. The zero-order valence-electron chi connectivity index (χ0n) is 9.65. The van der Waals surface area contributed by atoms with Crippen molar-refractivity contribution in [1.82, 2.24) is 0 Å². The van der Waals surface area contributed by atoms with Gasteiger partial charge in [0, 0.05) is 11.1 Å². The summed E-state index contributed by atoms with van der Waals surface area (Å²) >= 11 is 0. The maximum absolute atomic E-state index is 8.08. The van der Waals surface area contributed by atoms with Crippen LogP contribution in [0.2, 0.25) is 0 Å². The molecule has 0 fully saturated rings. The maximum Gasteiger partial charge on any atom is 0.0179 e. The molecule has 0 aromatic heterocycles. The Hall–Kier alpha value is -0.590. The van der Waals surface area contributed by atoms with Gasteiger partial charge in [-0.2, -0.15) is 0 Å². The lowest BCUT2D eigenvalue weighted by molar-refractivity contribution is 0.348. The van der Waals surface area contributed by atoms with Crippen LogP contribution >= 0.6 is 0 Å². The average molecular weight is 181 g/mol. The van der Waals surface area contributed by atoms with Gasteiger partial charge in [-0.15, -0.1) is 6.58 Å². The summed E-state index contributed by atoms with van der Waals surface area (Å²) in [6, 6.07) is 0. The van der Waals surface area contributed by atoms with Gasteiger partial charge in [0.1, 0.15) is 0 Å². The number of hydrogen-bond donors (Lipinski definition) is 1. The second kappa shape index (κ2) is 4.59. The topological polar surface area (TPSA) is 23.9 Å². The van der Waals surface area contributed by atoms with Gasteiger partial charge in [0.05, 0.1) is 0 Å². The van der Waals surface area contributed by atoms with Crippen LogP contribution in [-0.2, 0) is 0 Å². The van der Waals surface area contributed by atoms with E-state index >= 15 is 0 Å². The molecule has 1 unspecified atom stereocenters. The van der Waals surface area contributed by atoms with E-state index in [0.29, 0.717) is 11.8 Å². The smallest absolute Gasteiger partial charge is 0.0179 e. The monoisotopic (exact) mass is 181 g/mol. The lowest BCUT2D eigenvalue weighted by Crippen LogP contribution is -2.33. The fourth-order valence-electron chi connectivity index (χ4n) is 1.31. The lowest BCUT2D eigenvalue weighted by Gasteiger charge is -2.33. The molecule has 1 nitrogen and oxygen atoms in total. The van der Waals surface area contributed by atoms with Crippen LogP contribution in [0.4, 0.5) is 0 Å². The largest absolute Gasteiger partial charge is 0.309 e. The van der Waals surface area contributed by atoms with Gasteiger partial charge < -0.3 is 5.41 Å². The van der Waals surface area contributed by atoms with Crippen LogP contribution in [0.15, 0.2) is 12.7 Å². The zero-order valence-corrected chi connectivity index (χ0v) is 9.65. The van der Waals surface area contributed by atoms with Crippen molar-refractivity contribution in [1.29, 1.82) is 5.41 Å². The Bertz CT molecular complexity index is 189. The molecule has 0 aliphatic rings. The maximum atomic E-state index is 8.08. The highest BCUT2D eigenvalue weighted by molar-refractivity contribution is 5.89. The van der Waals surface area contributed by atoms with Crippen molar-refractivity contribution in [2.45, 2.75) is 41.0 Å². The predicted molar refractivity (Wildman–Crippen MR) is 60.3 cm³/mol. The molecule has 0 aromatic carbocycles. The van der Waals surface area contributed by atoms with Gasteiger partial charge in [-0.25, -0.2) is 0 Å². The number of hydrogen-bond acceptors (Lipinski definition) is 1. The van der Waals surface area contributed by atoms with E-state index < -0.39 is 0 Å². The molecule has 0 bridgehead atoms. The van der Waals surface area contributed by atoms with Crippen LogP contribution < -0.4 is 0 Å². The molecule has 0 amide bonds. The second-order valence-electron chi connectivity index (χ2n) is 4.72. The minimum absolute atomic E-state index is 0.0163. The van der Waals surface area contributed by atoms with E-state index in [9.17, 15) is 0 Å². The summed E-state index contributed by atoms with van der Waals surface area (Å²) < 4.78 is 0. The second-order valence-corrected chi connectivity index (χ2v) is 4.72. The summed E-state index contributed by atoms with van der Waals surface area (Å²) in [6.45, 7) is 14.5. The Labute approximate surface area is 82.7 Å². The summed E-state index contributed by atoms with van der Waals surface area (Å²) in [5.74, 6) is 0.849. The summed E-state index contributed by atoms with van der Waals surface area (Å²) in [5, 5.41) is 8.08. The Balaban J connectivity index is 4.48. The van der Waals surface area contributed by atoms with Crippen molar-refractivity contribution in [2.24, 2.45) is 17.3 Å². The van der Waals surface area contributed by atoms with E-state index in [0.717, 1.165) is 12.1 Å². The van der Waals surface area contributed by atoms with Crippen molar-refractivity contribution >= 4 is 5.71 Å². The predicted octanol–water partition coefficient (Wildman–Crippen LogP) is 3.90. The minimum Gasteiger partial charge on any atom is -0.309 e. The molecule has 1 heteroatoms. The van der Waals surface area contributed by atoms with E-state index in [4.69, 9.17) is 5.41 Å². The van der Waals surface area contributed by atoms with Crippen molar-refractivity contribution < 1.29 is 0 Å². The summed E-state index contributed by atoms with van der Waals surface area (Å²) in [5.41, 5.74) is 0.866. The molecule has 1 atom stereocenters. The van der Waals surface area contributed by atoms with Crippen LogP contribution in [0.25, 0.3) is 0 Å². The average Bonchev–Trinajstić information content (AvgIpc) is 2.03. The first-order valence-electron chi connectivity index (χ1n) is 5.03. The third kappa shape index (κ3) is 2.98. The number of nitrogens with one attached hydrogen (secondary N) is 1.